The number of rotatable bonds is 7. The van der Waals surface area contributed by atoms with Crippen molar-refractivity contribution in [2.45, 2.75) is 18.0 Å². The Hall–Kier alpha value is -3.60. The van der Waals surface area contributed by atoms with Crippen LogP contribution in [0, 0.1) is 5.82 Å². The maximum atomic E-state index is 14.7. The number of benzene rings is 2. The maximum absolute atomic E-state index is 14.7. The van der Waals surface area contributed by atoms with Gasteiger partial charge in [0.15, 0.2) is 0 Å². The quantitative estimate of drug-likeness (QED) is 0.360. The van der Waals surface area contributed by atoms with Crippen molar-refractivity contribution < 1.29 is 17.6 Å². The summed E-state index contributed by atoms with van der Waals surface area (Å²) < 4.78 is 42.5. The third-order valence-electron chi connectivity index (χ3n) is 5.02. The number of carbonyl (C=O) groups is 1. The van der Waals surface area contributed by atoms with Gasteiger partial charge in [-0.15, -0.1) is 0 Å². The lowest BCUT2D eigenvalue weighted by molar-refractivity contribution is 0.0949. The van der Waals surface area contributed by atoms with Crippen LogP contribution >= 0.6 is 11.6 Å². The first-order valence-electron chi connectivity index (χ1n) is 10.0. The van der Waals surface area contributed by atoms with Crippen molar-refractivity contribution >= 4 is 38.4 Å². The predicted octanol–water partition coefficient (Wildman–Crippen LogP) is 3.12. The topological polar surface area (TPSA) is 121 Å². The van der Waals surface area contributed by atoms with Crippen molar-refractivity contribution in [1.29, 1.82) is 0 Å². The molecule has 0 spiro atoms. The molecule has 0 aliphatic carbocycles. The average Bonchev–Trinajstić information content (AvgIpc) is 2.83. The van der Waals surface area contributed by atoms with E-state index in [0.29, 0.717) is 10.6 Å². The minimum absolute atomic E-state index is 0.0701. The van der Waals surface area contributed by atoms with Gasteiger partial charge in [-0.25, -0.2) is 17.5 Å². The first kappa shape index (κ1) is 23.6. The number of carbonyl (C=O) groups excluding carboxylic acids is 1. The van der Waals surface area contributed by atoms with Crippen molar-refractivity contribution in [1.82, 2.24) is 20.0 Å². The maximum Gasteiger partial charge on any atom is 0.257 e. The van der Waals surface area contributed by atoms with Gasteiger partial charge in [-0.2, -0.15) is 0 Å². The van der Waals surface area contributed by atoms with Crippen molar-refractivity contribution in [3.8, 4) is 0 Å². The van der Waals surface area contributed by atoms with Crippen LogP contribution in [0.15, 0.2) is 76.8 Å². The Kier molecular flexibility index (Phi) is 6.73. The number of aromatic amines is 1. The summed E-state index contributed by atoms with van der Waals surface area (Å²) in [6.45, 7) is 0.0633. The molecule has 0 aliphatic heterocycles. The first-order chi connectivity index (χ1) is 16.2. The normalized spacial score (nSPS) is 11.5. The molecular formula is C23H18ClFN4O4S. The lowest BCUT2D eigenvalue weighted by atomic mass is 10.1. The summed E-state index contributed by atoms with van der Waals surface area (Å²) in [5, 5.41) is 2.89. The van der Waals surface area contributed by atoms with Crippen LogP contribution in [-0.2, 0) is 23.1 Å². The van der Waals surface area contributed by atoms with Crippen LogP contribution in [0.4, 0.5) is 4.39 Å². The lowest BCUT2D eigenvalue weighted by Gasteiger charge is -2.10. The molecule has 0 saturated carbocycles. The number of halogens is 2. The van der Waals surface area contributed by atoms with E-state index in [1.165, 1.54) is 6.20 Å². The number of sulfonamides is 1. The van der Waals surface area contributed by atoms with Gasteiger partial charge < -0.3 is 10.3 Å². The van der Waals surface area contributed by atoms with Gasteiger partial charge in [0, 0.05) is 36.7 Å². The Morgan fingerprint density at radius 2 is 1.85 bits per heavy atom. The summed E-state index contributed by atoms with van der Waals surface area (Å²) in [7, 11) is -4.15. The molecule has 0 bridgehead atoms. The predicted molar refractivity (Wildman–Crippen MR) is 125 cm³/mol. The molecule has 2 aromatic heterocycles. The molecule has 1 amide bonds. The number of aromatic nitrogens is 2. The molecule has 0 unspecified atom stereocenters. The standard InChI is InChI=1S/C23H18ClFN4O4S/c24-16-5-3-14(4-6-16)11-28-23(31)19-13-27-21-18(22(19)30)8-17(9-20(21)25)34(32,33)29-12-15-2-1-7-26-10-15/h1-10,13,29H,11-12H2,(H,27,30)(H,28,31). The average molecular weight is 501 g/mol. The number of hydrogen-bond acceptors (Lipinski definition) is 5. The van der Waals surface area contributed by atoms with Crippen LogP contribution in [-0.4, -0.2) is 24.3 Å². The minimum atomic E-state index is -4.15. The monoisotopic (exact) mass is 500 g/mol. The van der Waals surface area contributed by atoms with E-state index in [4.69, 9.17) is 11.6 Å². The van der Waals surface area contributed by atoms with E-state index in [9.17, 15) is 22.4 Å². The molecular weight excluding hydrogens is 483 g/mol. The van der Waals surface area contributed by atoms with Gasteiger partial charge in [-0.1, -0.05) is 29.8 Å². The molecule has 0 radical (unpaired) electrons. The third-order valence-corrected chi connectivity index (χ3v) is 6.66. The number of nitrogens with zero attached hydrogens (tertiary/aromatic N) is 1. The van der Waals surface area contributed by atoms with Gasteiger partial charge in [0.2, 0.25) is 15.5 Å². The highest BCUT2D eigenvalue weighted by Gasteiger charge is 2.20. The number of pyridine rings is 2. The SMILES string of the molecule is O=C(NCc1ccc(Cl)cc1)c1c[nH]c2c(F)cc(S(=O)(=O)NCc3cccnc3)cc2c1=O. The number of amides is 1. The number of fused-ring (bicyclic) bond motifs is 1. The molecule has 2 heterocycles. The zero-order valence-electron chi connectivity index (χ0n) is 17.5. The minimum Gasteiger partial charge on any atom is -0.358 e. The molecule has 3 N–H and O–H groups in total. The molecule has 8 nitrogen and oxygen atoms in total. The number of hydrogen-bond donors (Lipinski definition) is 3. The lowest BCUT2D eigenvalue weighted by Crippen LogP contribution is -2.29. The van der Waals surface area contributed by atoms with E-state index in [-0.39, 0.29) is 29.6 Å². The Morgan fingerprint density at radius 3 is 2.56 bits per heavy atom. The fourth-order valence-corrected chi connectivity index (χ4v) is 4.41. The largest absolute Gasteiger partial charge is 0.358 e. The van der Waals surface area contributed by atoms with Crippen LogP contribution in [0.1, 0.15) is 21.5 Å². The van der Waals surface area contributed by atoms with Crippen LogP contribution in [0.2, 0.25) is 5.02 Å². The van der Waals surface area contributed by atoms with Gasteiger partial charge in [0.25, 0.3) is 5.91 Å². The molecule has 174 valence electrons. The smallest absolute Gasteiger partial charge is 0.257 e. The molecule has 0 saturated heterocycles. The van der Waals surface area contributed by atoms with E-state index in [1.807, 2.05) is 0 Å². The highest BCUT2D eigenvalue weighted by atomic mass is 35.5. The summed E-state index contributed by atoms with van der Waals surface area (Å²) in [5.74, 6) is -1.63. The summed E-state index contributed by atoms with van der Waals surface area (Å²) in [6, 6.07) is 12.0. The van der Waals surface area contributed by atoms with E-state index in [1.54, 1.807) is 42.6 Å². The molecule has 0 atom stereocenters. The molecule has 4 aromatic rings. The van der Waals surface area contributed by atoms with Gasteiger partial charge in [0.1, 0.15) is 11.4 Å². The van der Waals surface area contributed by atoms with E-state index < -0.39 is 32.1 Å². The highest BCUT2D eigenvalue weighted by molar-refractivity contribution is 7.89. The van der Waals surface area contributed by atoms with Crippen LogP contribution in [0.5, 0.6) is 0 Å². The van der Waals surface area contributed by atoms with Crippen LogP contribution in [0.25, 0.3) is 10.9 Å². The summed E-state index contributed by atoms with van der Waals surface area (Å²) in [5.41, 5.74) is 0.0775. The van der Waals surface area contributed by atoms with Crippen LogP contribution < -0.4 is 15.5 Å². The zero-order chi connectivity index (χ0) is 24.3. The van der Waals surface area contributed by atoms with E-state index in [2.05, 4.69) is 20.0 Å². The number of H-pyrrole nitrogens is 1. The molecule has 2 aromatic carbocycles. The van der Waals surface area contributed by atoms with E-state index in [0.717, 1.165) is 23.9 Å². The van der Waals surface area contributed by atoms with Gasteiger partial charge >= 0.3 is 0 Å². The first-order valence-corrected chi connectivity index (χ1v) is 11.9. The summed E-state index contributed by atoms with van der Waals surface area (Å²) in [6.07, 6.45) is 4.13. The van der Waals surface area contributed by atoms with Gasteiger partial charge in [-0.3, -0.25) is 14.6 Å². The second kappa shape index (κ2) is 9.72. The Labute approximate surface area is 198 Å². The summed E-state index contributed by atoms with van der Waals surface area (Å²) in [4.78, 5) is 31.6. The summed E-state index contributed by atoms with van der Waals surface area (Å²) >= 11 is 5.84. The van der Waals surface area contributed by atoms with Crippen molar-refractivity contribution in [3.63, 3.8) is 0 Å². The Balaban J connectivity index is 1.61. The van der Waals surface area contributed by atoms with Crippen molar-refractivity contribution in [3.05, 3.63) is 105 Å². The fourth-order valence-electron chi connectivity index (χ4n) is 3.23. The Morgan fingerprint density at radius 1 is 1.09 bits per heavy atom. The van der Waals surface area contributed by atoms with Crippen LogP contribution in [0.3, 0.4) is 0 Å². The second-order valence-corrected chi connectivity index (χ2v) is 9.56. The van der Waals surface area contributed by atoms with Crippen molar-refractivity contribution in [2.75, 3.05) is 0 Å². The second-order valence-electron chi connectivity index (χ2n) is 7.35. The molecule has 0 aliphatic rings. The zero-order valence-corrected chi connectivity index (χ0v) is 19.1. The molecule has 34 heavy (non-hydrogen) atoms. The van der Waals surface area contributed by atoms with Gasteiger partial charge in [0.05, 0.1) is 15.8 Å². The molecule has 11 heteroatoms. The van der Waals surface area contributed by atoms with Gasteiger partial charge in [-0.05, 0) is 41.5 Å². The third kappa shape index (κ3) is 5.14. The number of nitrogens with one attached hydrogen (secondary N) is 3. The Bertz CT molecular complexity index is 1520. The fraction of sp³-hybridized carbons (Fsp3) is 0.0870. The molecule has 4 rings (SSSR count). The molecule has 0 fully saturated rings. The van der Waals surface area contributed by atoms with E-state index >= 15 is 0 Å². The van der Waals surface area contributed by atoms with Crippen molar-refractivity contribution in [2.24, 2.45) is 0 Å². The highest BCUT2D eigenvalue weighted by Crippen LogP contribution is 2.20.